The molecule has 2 heterocycles. The first-order valence-corrected chi connectivity index (χ1v) is 7.96. The van der Waals surface area contributed by atoms with E-state index in [1.165, 1.54) is 0 Å². The zero-order valence-corrected chi connectivity index (χ0v) is 14.4. The monoisotopic (exact) mass is 343 g/mol. The molecular weight excluding hydrogens is 326 g/mol. The van der Waals surface area contributed by atoms with E-state index in [0.29, 0.717) is 10.8 Å². The number of benzene rings is 1. The molecule has 0 bridgehead atoms. The molecule has 0 saturated carbocycles. The van der Waals surface area contributed by atoms with Gasteiger partial charge in [-0.3, -0.25) is 10.00 Å². The van der Waals surface area contributed by atoms with E-state index in [-0.39, 0.29) is 12.1 Å². The summed E-state index contributed by atoms with van der Waals surface area (Å²) in [7, 11) is 1.87. The minimum Gasteiger partial charge on any atom is -0.336 e. The highest BCUT2D eigenvalue weighted by Gasteiger charge is 2.09. The predicted molar refractivity (Wildman–Crippen MR) is 96.2 cm³/mol. The van der Waals surface area contributed by atoms with Gasteiger partial charge in [0, 0.05) is 36.4 Å². The van der Waals surface area contributed by atoms with Crippen LogP contribution in [0.2, 0.25) is 5.02 Å². The van der Waals surface area contributed by atoms with Crippen molar-refractivity contribution < 1.29 is 4.79 Å². The third kappa shape index (κ3) is 3.49. The van der Waals surface area contributed by atoms with Crippen LogP contribution in [-0.2, 0) is 7.05 Å². The number of halogens is 1. The lowest BCUT2D eigenvalue weighted by Crippen LogP contribution is -2.34. The van der Waals surface area contributed by atoms with Gasteiger partial charge in [0.15, 0.2) is 0 Å². The molecule has 0 unspecified atom stereocenters. The maximum atomic E-state index is 11.8. The van der Waals surface area contributed by atoms with Crippen molar-refractivity contribution in [3.05, 3.63) is 41.8 Å². The lowest BCUT2D eigenvalue weighted by atomic mass is 10.0. The molecule has 124 valence electrons. The lowest BCUT2D eigenvalue weighted by Gasteiger charge is -2.11. The molecule has 2 N–H and O–H groups in total. The Bertz CT molecular complexity index is 903. The highest BCUT2D eigenvalue weighted by Crippen LogP contribution is 2.31. The van der Waals surface area contributed by atoms with Crippen LogP contribution in [-0.4, -0.2) is 26.8 Å². The van der Waals surface area contributed by atoms with Crippen molar-refractivity contribution in [2.75, 3.05) is 5.32 Å². The second kappa shape index (κ2) is 6.49. The van der Waals surface area contributed by atoms with Gasteiger partial charge in [0.05, 0.1) is 11.2 Å². The molecule has 3 rings (SSSR count). The maximum Gasteiger partial charge on any atom is 0.320 e. The van der Waals surface area contributed by atoms with Crippen LogP contribution in [0.3, 0.4) is 0 Å². The van der Waals surface area contributed by atoms with Crippen LogP contribution < -0.4 is 10.6 Å². The summed E-state index contributed by atoms with van der Waals surface area (Å²) in [6, 6.07) is 5.47. The topological polar surface area (TPSA) is 71.8 Å². The first kappa shape index (κ1) is 16.3. The largest absolute Gasteiger partial charge is 0.336 e. The zero-order chi connectivity index (χ0) is 17.3. The van der Waals surface area contributed by atoms with E-state index in [2.05, 4.69) is 20.7 Å². The van der Waals surface area contributed by atoms with Crippen molar-refractivity contribution in [2.24, 2.45) is 7.05 Å². The van der Waals surface area contributed by atoms with E-state index < -0.39 is 0 Å². The number of rotatable bonds is 3. The number of urea groups is 1. The summed E-state index contributed by atoms with van der Waals surface area (Å²) in [6.07, 6.45) is 5.37. The summed E-state index contributed by atoms with van der Waals surface area (Å²) in [5, 5.41) is 12.0. The number of fused-ring (bicyclic) bond motifs is 1. The van der Waals surface area contributed by atoms with E-state index in [9.17, 15) is 4.79 Å². The SMILES string of the molecule is CC(C)NC(=O)Nc1cc2cc(-c3cnn(C)c3)cc(Cl)c2cn1. The number of amides is 2. The van der Waals surface area contributed by atoms with E-state index in [4.69, 9.17) is 11.6 Å². The van der Waals surface area contributed by atoms with Crippen molar-refractivity contribution in [3.8, 4) is 11.1 Å². The number of anilines is 1. The Kier molecular flexibility index (Phi) is 4.40. The van der Waals surface area contributed by atoms with Crippen LogP contribution >= 0.6 is 11.6 Å². The van der Waals surface area contributed by atoms with Gasteiger partial charge in [0.25, 0.3) is 0 Å². The molecule has 7 heteroatoms. The third-order valence-corrected chi connectivity index (χ3v) is 3.80. The molecule has 3 aromatic rings. The molecule has 1 aromatic carbocycles. The average Bonchev–Trinajstić information content (AvgIpc) is 2.92. The Hall–Kier alpha value is -2.60. The van der Waals surface area contributed by atoms with Gasteiger partial charge in [0.1, 0.15) is 5.82 Å². The molecular formula is C17H18ClN5O. The van der Waals surface area contributed by atoms with E-state index in [1.54, 1.807) is 23.1 Å². The molecule has 2 amide bonds. The zero-order valence-electron chi connectivity index (χ0n) is 13.7. The molecule has 0 aliphatic carbocycles. The molecule has 0 radical (unpaired) electrons. The van der Waals surface area contributed by atoms with Gasteiger partial charge < -0.3 is 5.32 Å². The Morgan fingerprint density at radius 2 is 2.00 bits per heavy atom. The number of pyridine rings is 1. The summed E-state index contributed by atoms with van der Waals surface area (Å²) in [4.78, 5) is 16.1. The van der Waals surface area contributed by atoms with Gasteiger partial charge in [-0.1, -0.05) is 11.6 Å². The summed E-state index contributed by atoms with van der Waals surface area (Å²) >= 11 is 6.38. The quantitative estimate of drug-likeness (QED) is 0.759. The van der Waals surface area contributed by atoms with Crippen molar-refractivity contribution in [1.29, 1.82) is 0 Å². The lowest BCUT2D eigenvalue weighted by molar-refractivity contribution is 0.250. The van der Waals surface area contributed by atoms with Gasteiger partial charge in [-0.15, -0.1) is 0 Å². The number of carbonyl (C=O) groups is 1. The third-order valence-electron chi connectivity index (χ3n) is 3.49. The second-order valence-corrected chi connectivity index (χ2v) is 6.31. The Morgan fingerprint density at radius 1 is 1.21 bits per heavy atom. The fourth-order valence-corrected chi connectivity index (χ4v) is 2.71. The number of nitrogens with one attached hydrogen (secondary N) is 2. The summed E-state index contributed by atoms with van der Waals surface area (Å²) < 4.78 is 1.74. The van der Waals surface area contributed by atoms with Crippen molar-refractivity contribution in [2.45, 2.75) is 19.9 Å². The number of aryl methyl sites for hydroxylation is 1. The van der Waals surface area contributed by atoms with Gasteiger partial charge in [-0.2, -0.15) is 5.10 Å². The van der Waals surface area contributed by atoms with Crippen LogP contribution in [0.5, 0.6) is 0 Å². The molecule has 0 spiro atoms. The fraction of sp³-hybridized carbons (Fsp3) is 0.235. The molecule has 24 heavy (non-hydrogen) atoms. The highest BCUT2D eigenvalue weighted by molar-refractivity contribution is 6.36. The summed E-state index contributed by atoms with van der Waals surface area (Å²) in [5.41, 5.74) is 1.94. The maximum absolute atomic E-state index is 11.8. The van der Waals surface area contributed by atoms with Crippen LogP contribution in [0.25, 0.3) is 21.9 Å². The minimum atomic E-state index is -0.286. The second-order valence-electron chi connectivity index (χ2n) is 5.90. The number of hydrogen-bond donors (Lipinski definition) is 2. The number of nitrogens with zero attached hydrogens (tertiary/aromatic N) is 3. The van der Waals surface area contributed by atoms with E-state index in [0.717, 1.165) is 21.9 Å². The first-order valence-electron chi connectivity index (χ1n) is 7.58. The smallest absolute Gasteiger partial charge is 0.320 e. The Labute approximate surface area is 144 Å². The van der Waals surface area contributed by atoms with Crippen molar-refractivity contribution in [3.63, 3.8) is 0 Å². The normalized spacial score (nSPS) is 11.0. The fourth-order valence-electron chi connectivity index (χ4n) is 2.43. The summed E-state index contributed by atoms with van der Waals surface area (Å²) in [6.45, 7) is 3.79. The molecule has 0 atom stereocenters. The van der Waals surface area contributed by atoms with Crippen LogP contribution in [0.15, 0.2) is 36.8 Å². The molecule has 0 fully saturated rings. The molecule has 0 aliphatic heterocycles. The van der Waals surface area contributed by atoms with E-state index in [1.807, 2.05) is 39.2 Å². The standard InChI is InChI=1S/C17H18ClN5O/c1-10(2)21-17(24)22-16-6-12-4-11(13-7-20-23(3)9-13)5-15(18)14(12)8-19-16/h4-10H,1-3H3,(H2,19,21,22,24). The van der Waals surface area contributed by atoms with E-state index >= 15 is 0 Å². The van der Waals surface area contributed by atoms with Crippen molar-refractivity contribution >= 4 is 34.2 Å². The predicted octanol–water partition coefficient (Wildman–Crippen LogP) is 3.82. The number of hydrogen-bond acceptors (Lipinski definition) is 3. The average molecular weight is 344 g/mol. The van der Waals surface area contributed by atoms with Crippen LogP contribution in [0.1, 0.15) is 13.8 Å². The van der Waals surface area contributed by atoms with Gasteiger partial charge in [0.2, 0.25) is 0 Å². The number of carbonyl (C=O) groups excluding carboxylic acids is 1. The van der Waals surface area contributed by atoms with Crippen LogP contribution in [0.4, 0.5) is 10.6 Å². The van der Waals surface area contributed by atoms with Gasteiger partial charge in [-0.25, -0.2) is 9.78 Å². The molecule has 0 aliphatic rings. The summed E-state index contributed by atoms with van der Waals surface area (Å²) in [5.74, 6) is 0.472. The van der Waals surface area contributed by atoms with Crippen LogP contribution in [0, 0.1) is 0 Å². The highest BCUT2D eigenvalue weighted by atomic mass is 35.5. The molecule has 0 saturated heterocycles. The first-order chi connectivity index (χ1) is 11.4. The Balaban J connectivity index is 1.97. The number of aromatic nitrogens is 3. The molecule has 2 aromatic heterocycles. The van der Waals surface area contributed by atoms with Crippen molar-refractivity contribution in [1.82, 2.24) is 20.1 Å². The molecule has 6 nitrogen and oxygen atoms in total. The minimum absolute atomic E-state index is 0.0529. The Morgan fingerprint density at radius 3 is 2.67 bits per heavy atom. The van der Waals surface area contributed by atoms with Gasteiger partial charge >= 0.3 is 6.03 Å². The van der Waals surface area contributed by atoms with Gasteiger partial charge in [-0.05, 0) is 43.0 Å².